The van der Waals surface area contributed by atoms with Gasteiger partial charge in [-0.3, -0.25) is 4.79 Å². The number of nitrogen functional groups attached to an aromatic ring is 1. The smallest absolute Gasteiger partial charge is 0.309 e. The number of aryl methyl sites for hydroxylation is 1. The highest BCUT2D eigenvalue weighted by Gasteiger charge is 2.22. The summed E-state index contributed by atoms with van der Waals surface area (Å²) in [6, 6.07) is 5.58. The molecule has 17 heavy (non-hydrogen) atoms. The number of hydrogen-bond donors (Lipinski definition) is 1. The zero-order valence-corrected chi connectivity index (χ0v) is 10.5. The molecule has 0 aromatic heterocycles. The van der Waals surface area contributed by atoms with Crippen molar-refractivity contribution in [2.24, 2.45) is 0 Å². The van der Waals surface area contributed by atoms with Crippen molar-refractivity contribution in [1.82, 2.24) is 0 Å². The Morgan fingerprint density at radius 1 is 1.59 bits per heavy atom. The Morgan fingerprint density at radius 2 is 2.35 bits per heavy atom. The number of halogens is 1. The Bertz CT molecular complexity index is 409. The molecule has 94 valence electrons. The Morgan fingerprint density at radius 3 is 3.06 bits per heavy atom. The van der Waals surface area contributed by atoms with Crippen molar-refractivity contribution in [2.45, 2.75) is 25.4 Å². The molecule has 5 heteroatoms. The average Bonchev–Trinajstić information content (AvgIpc) is 2.29. The Hall–Kier alpha value is -1.42. The van der Waals surface area contributed by atoms with Crippen LogP contribution in [0.2, 0.25) is 0 Å². The fourth-order valence-electron chi connectivity index (χ4n) is 1.88. The third-order valence-electron chi connectivity index (χ3n) is 2.74. The summed E-state index contributed by atoms with van der Waals surface area (Å²) in [6.07, 6.45) is 1.94. The molecule has 0 saturated carbocycles. The van der Waals surface area contributed by atoms with Crippen LogP contribution in [-0.4, -0.2) is 19.2 Å². The molecule has 0 amide bonds. The van der Waals surface area contributed by atoms with Gasteiger partial charge in [0.25, 0.3) is 0 Å². The molecule has 0 spiro atoms. The summed E-state index contributed by atoms with van der Waals surface area (Å²) in [5.74, 6) is 0.596. The van der Waals surface area contributed by atoms with Gasteiger partial charge in [0.15, 0.2) is 0 Å². The number of hydrogen-bond acceptors (Lipinski definition) is 4. The number of ether oxygens (including phenoxy) is 2. The maximum Gasteiger partial charge on any atom is 0.309 e. The predicted molar refractivity (Wildman–Crippen MR) is 67.5 cm³/mol. The van der Waals surface area contributed by atoms with Crippen LogP contribution in [-0.2, 0) is 16.0 Å². The van der Waals surface area contributed by atoms with Crippen LogP contribution >= 0.6 is 12.4 Å². The van der Waals surface area contributed by atoms with Crippen LogP contribution in [0.15, 0.2) is 18.2 Å². The van der Waals surface area contributed by atoms with E-state index in [9.17, 15) is 4.79 Å². The van der Waals surface area contributed by atoms with Gasteiger partial charge in [-0.25, -0.2) is 0 Å². The second-order valence-corrected chi connectivity index (χ2v) is 3.93. The van der Waals surface area contributed by atoms with Crippen molar-refractivity contribution in [2.75, 3.05) is 12.8 Å². The molecule has 0 bridgehead atoms. The van der Waals surface area contributed by atoms with E-state index in [1.54, 1.807) is 6.07 Å². The van der Waals surface area contributed by atoms with Gasteiger partial charge in [-0.2, -0.15) is 0 Å². The lowest BCUT2D eigenvalue weighted by Gasteiger charge is -2.25. The molecule has 4 nitrogen and oxygen atoms in total. The third kappa shape index (κ3) is 3.27. The topological polar surface area (TPSA) is 61.5 Å². The summed E-state index contributed by atoms with van der Waals surface area (Å²) in [5.41, 5.74) is 7.55. The summed E-state index contributed by atoms with van der Waals surface area (Å²) in [7, 11) is 1.39. The van der Waals surface area contributed by atoms with Gasteiger partial charge >= 0.3 is 5.97 Å². The second-order valence-electron chi connectivity index (χ2n) is 3.93. The lowest BCUT2D eigenvalue weighted by molar-refractivity contribution is -0.142. The lowest BCUT2D eigenvalue weighted by Crippen LogP contribution is -2.26. The summed E-state index contributed by atoms with van der Waals surface area (Å²) in [6.45, 7) is 0. The number of methoxy groups -OCH3 is 1. The van der Waals surface area contributed by atoms with Crippen LogP contribution in [0.4, 0.5) is 5.69 Å². The molecule has 0 aliphatic carbocycles. The monoisotopic (exact) mass is 257 g/mol. The standard InChI is InChI=1S/C12H15NO3.ClH/c1-15-12(14)7-10-4-2-8-6-9(13)3-5-11(8)16-10;/h3,5-6,10H,2,4,7,13H2,1H3;1H. The lowest BCUT2D eigenvalue weighted by atomic mass is 10.00. The number of fused-ring (bicyclic) bond motifs is 1. The number of esters is 1. The predicted octanol–water partition coefficient (Wildman–Crippen LogP) is 1.95. The van der Waals surface area contributed by atoms with Gasteiger partial charge in [0.2, 0.25) is 0 Å². The van der Waals surface area contributed by atoms with Crippen molar-refractivity contribution in [3.05, 3.63) is 23.8 Å². The maximum absolute atomic E-state index is 11.1. The molecule has 1 heterocycles. The van der Waals surface area contributed by atoms with Gasteiger partial charge in [0.1, 0.15) is 11.9 Å². The van der Waals surface area contributed by atoms with E-state index in [-0.39, 0.29) is 24.5 Å². The van der Waals surface area contributed by atoms with Crippen LogP contribution in [0.3, 0.4) is 0 Å². The van der Waals surface area contributed by atoms with E-state index in [1.165, 1.54) is 7.11 Å². The number of anilines is 1. The Kier molecular flexibility index (Phi) is 4.63. The molecule has 1 aliphatic rings. The van der Waals surface area contributed by atoms with Gasteiger partial charge in [0.05, 0.1) is 13.5 Å². The minimum atomic E-state index is -0.233. The first kappa shape index (κ1) is 13.6. The first-order valence-corrected chi connectivity index (χ1v) is 5.31. The number of rotatable bonds is 2. The molecule has 0 saturated heterocycles. The number of benzene rings is 1. The average molecular weight is 258 g/mol. The Balaban J connectivity index is 0.00000144. The molecule has 1 aromatic rings. The quantitative estimate of drug-likeness (QED) is 0.650. The van der Waals surface area contributed by atoms with Crippen LogP contribution in [0.5, 0.6) is 5.75 Å². The highest BCUT2D eigenvalue weighted by Crippen LogP contribution is 2.30. The molecule has 0 radical (unpaired) electrons. The van der Waals surface area contributed by atoms with Crippen molar-refractivity contribution < 1.29 is 14.3 Å². The van der Waals surface area contributed by atoms with E-state index < -0.39 is 0 Å². The largest absolute Gasteiger partial charge is 0.490 e. The first-order valence-electron chi connectivity index (χ1n) is 5.31. The molecule has 2 N–H and O–H groups in total. The number of nitrogens with two attached hydrogens (primary N) is 1. The second kappa shape index (κ2) is 5.77. The first-order chi connectivity index (χ1) is 7.69. The van der Waals surface area contributed by atoms with Gasteiger partial charge in [0, 0.05) is 5.69 Å². The van der Waals surface area contributed by atoms with Gasteiger partial charge in [-0.1, -0.05) is 0 Å². The molecule has 1 aliphatic heterocycles. The summed E-state index contributed by atoms with van der Waals surface area (Å²) >= 11 is 0. The highest BCUT2D eigenvalue weighted by molar-refractivity contribution is 5.85. The molecular weight excluding hydrogens is 242 g/mol. The third-order valence-corrected chi connectivity index (χ3v) is 2.74. The maximum atomic E-state index is 11.1. The SMILES string of the molecule is COC(=O)CC1CCc2cc(N)ccc2O1.Cl. The number of carbonyl (C=O) groups is 1. The van der Waals surface area contributed by atoms with Gasteiger partial charge in [-0.05, 0) is 36.6 Å². The summed E-state index contributed by atoms with van der Waals surface area (Å²) in [4.78, 5) is 11.1. The molecule has 1 unspecified atom stereocenters. The molecule has 2 rings (SSSR count). The van der Waals surface area contributed by atoms with Crippen LogP contribution in [0.1, 0.15) is 18.4 Å². The van der Waals surface area contributed by atoms with E-state index in [2.05, 4.69) is 4.74 Å². The van der Waals surface area contributed by atoms with Crippen LogP contribution < -0.4 is 10.5 Å². The van der Waals surface area contributed by atoms with E-state index in [4.69, 9.17) is 10.5 Å². The normalized spacial score (nSPS) is 17.4. The minimum Gasteiger partial charge on any atom is -0.490 e. The zero-order chi connectivity index (χ0) is 11.5. The zero-order valence-electron chi connectivity index (χ0n) is 9.64. The van der Waals surface area contributed by atoms with Crippen molar-refractivity contribution >= 4 is 24.1 Å². The highest BCUT2D eigenvalue weighted by atomic mass is 35.5. The fourth-order valence-corrected chi connectivity index (χ4v) is 1.88. The Labute approximate surface area is 106 Å². The van der Waals surface area contributed by atoms with Crippen LogP contribution in [0.25, 0.3) is 0 Å². The van der Waals surface area contributed by atoms with Crippen LogP contribution in [0, 0.1) is 0 Å². The van der Waals surface area contributed by atoms with Crippen molar-refractivity contribution in [1.29, 1.82) is 0 Å². The molecular formula is C12H16ClNO3. The van der Waals surface area contributed by atoms with Gasteiger partial charge in [-0.15, -0.1) is 12.4 Å². The van der Waals surface area contributed by atoms with E-state index in [0.29, 0.717) is 6.42 Å². The van der Waals surface area contributed by atoms with Crippen molar-refractivity contribution in [3.8, 4) is 5.75 Å². The molecule has 1 atom stereocenters. The van der Waals surface area contributed by atoms with Crippen molar-refractivity contribution in [3.63, 3.8) is 0 Å². The molecule has 1 aromatic carbocycles. The fraction of sp³-hybridized carbons (Fsp3) is 0.417. The number of carbonyl (C=O) groups excluding carboxylic acids is 1. The summed E-state index contributed by atoms with van der Waals surface area (Å²) < 4.78 is 10.3. The van der Waals surface area contributed by atoms with E-state index in [1.807, 2.05) is 12.1 Å². The summed E-state index contributed by atoms with van der Waals surface area (Å²) in [5, 5.41) is 0. The van der Waals surface area contributed by atoms with E-state index in [0.717, 1.165) is 29.8 Å². The minimum absolute atomic E-state index is 0. The molecule has 0 fully saturated rings. The van der Waals surface area contributed by atoms with E-state index >= 15 is 0 Å². The van der Waals surface area contributed by atoms with Gasteiger partial charge < -0.3 is 15.2 Å².